The molecule has 100 valence electrons. The van der Waals surface area contributed by atoms with Crippen LogP contribution in [0.15, 0.2) is 6.33 Å². The van der Waals surface area contributed by atoms with Crippen LogP contribution >= 0.6 is 0 Å². The fraction of sp³-hybridized carbons (Fsp3) is 0.556. The van der Waals surface area contributed by atoms with E-state index in [0.29, 0.717) is 6.54 Å². The molecule has 18 heavy (non-hydrogen) atoms. The summed E-state index contributed by atoms with van der Waals surface area (Å²) < 4.78 is 5.20. The maximum atomic E-state index is 11.0. The Hall–Kier alpha value is -2.00. The van der Waals surface area contributed by atoms with E-state index >= 15 is 0 Å². The zero-order chi connectivity index (χ0) is 13.8. The van der Waals surface area contributed by atoms with Crippen LogP contribution < -0.4 is 16.6 Å². The Kier molecular flexibility index (Phi) is 4.34. The molecule has 4 N–H and O–H groups in total. The number of nitrogens with one attached hydrogen (secondary N) is 2. The first kappa shape index (κ1) is 14.1. The van der Waals surface area contributed by atoms with Gasteiger partial charge in [0, 0.05) is 13.7 Å². The first-order valence-corrected chi connectivity index (χ1v) is 5.16. The van der Waals surface area contributed by atoms with Gasteiger partial charge in [0.1, 0.15) is 6.33 Å². The van der Waals surface area contributed by atoms with E-state index in [1.54, 1.807) is 7.11 Å². The van der Waals surface area contributed by atoms with E-state index in [1.165, 1.54) is 6.33 Å². The van der Waals surface area contributed by atoms with Crippen molar-refractivity contribution >= 4 is 17.3 Å². The van der Waals surface area contributed by atoms with Gasteiger partial charge in [-0.2, -0.15) is 0 Å². The number of nitrogen functional groups attached to an aromatic ring is 1. The Bertz CT molecular complexity index is 436. The normalized spacial score (nSPS) is 11.1. The van der Waals surface area contributed by atoms with Crippen LogP contribution in [0, 0.1) is 10.1 Å². The van der Waals surface area contributed by atoms with E-state index in [4.69, 9.17) is 10.6 Å². The van der Waals surface area contributed by atoms with Crippen molar-refractivity contribution in [2.75, 3.05) is 24.4 Å². The summed E-state index contributed by atoms with van der Waals surface area (Å²) in [7, 11) is 1.56. The molecular weight excluding hydrogens is 240 g/mol. The van der Waals surface area contributed by atoms with Crippen LogP contribution in [0.1, 0.15) is 13.8 Å². The quantitative estimate of drug-likeness (QED) is 0.381. The zero-order valence-electron chi connectivity index (χ0n) is 10.4. The molecule has 0 saturated heterocycles. The fourth-order valence-electron chi connectivity index (χ4n) is 1.16. The number of nitrogens with zero attached hydrogens (tertiary/aromatic N) is 3. The van der Waals surface area contributed by atoms with Gasteiger partial charge in [0.05, 0.1) is 10.5 Å². The number of methoxy groups -OCH3 is 1. The summed E-state index contributed by atoms with van der Waals surface area (Å²) in [5.41, 5.74) is 1.39. The summed E-state index contributed by atoms with van der Waals surface area (Å²) in [4.78, 5) is 17.9. The minimum atomic E-state index is -0.600. The lowest BCUT2D eigenvalue weighted by molar-refractivity contribution is -0.383. The highest BCUT2D eigenvalue weighted by Crippen LogP contribution is 2.28. The van der Waals surface area contributed by atoms with Gasteiger partial charge in [-0.15, -0.1) is 0 Å². The molecule has 0 amide bonds. The predicted octanol–water partition coefficient (Wildman–Crippen LogP) is 0.507. The van der Waals surface area contributed by atoms with Gasteiger partial charge in [-0.3, -0.25) is 10.1 Å². The number of hydrogen-bond donors (Lipinski definition) is 3. The minimum absolute atomic E-state index is 0.0484. The van der Waals surface area contributed by atoms with E-state index in [9.17, 15) is 10.1 Å². The van der Waals surface area contributed by atoms with Gasteiger partial charge in [0.15, 0.2) is 0 Å². The molecule has 1 heterocycles. The highest BCUT2D eigenvalue weighted by atomic mass is 16.6. The highest BCUT2D eigenvalue weighted by molar-refractivity contribution is 5.68. The number of rotatable bonds is 6. The molecule has 1 aromatic rings. The van der Waals surface area contributed by atoms with Crippen LogP contribution in [0.4, 0.5) is 17.3 Å². The fourth-order valence-corrected chi connectivity index (χ4v) is 1.16. The van der Waals surface area contributed by atoms with Gasteiger partial charge in [-0.05, 0) is 13.8 Å². The molecule has 0 saturated carbocycles. The standard InChI is InChI=1S/C9H16N6O3/c1-9(2,18-3)4-11-7-6(15(16)17)8(14-10)13-5-12-7/h5H,4,10H2,1-3H3,(H2,11,12,13,14). The van der Waals surface area contributed by atoms with Gasteiger partial charge in [-0.1, -0.05) is 0 Å². The Morgan fingerprint density at radius 2 is 2.11 bits per heavy atom. The molecule has 0 atom stereocenters. The SMILES string of the molecule is COC(C)(C)CNc1ncnc(NN)c1[N+](=O)[O-]. The Balaban J connectivity index is 2.99. The molecule has 0 bridgehead atoms. The van der Waals surface area contributed by atoms with Crippen LogP contribution in [-0.2, 0) is 4.74 Å². The molecule has 0 aliphatic heterocycles. The number of anilines is 2. The van der Waals surface area contributed by atoms with Gasteiger partial charge >= 0.3 is 5.69 Å². The topological polar surface area (TPSA) is 128 Å². The van der Waals surface area contributed by atoms with Gasteiger partial charge < -0.3 is 15.5 Å². The van der Waals surface area contributed by atoms with E-state index in [1.807, 2.05) is 13.8 Å². The zero-order valence-corrected chi connectivity index (χ0v) is 10.4. The second kappa shape index (κ2) is 5.56. The van der Waals surface area contributed by atoms with Crippen molar-refractivity contribution in [1.82, 2.24) is 9.97 Å². The summed E-state index contributed by atoms with van der Waals surface area (Å²) in [5.74, 6) is 5.21. The number of hydrazine groups is 1. The van der Waals surface area contributed by atoms with Crippen LogP contribution in [0.5, 0.6) is 0 Å². The van der Waals surface area contributed by atoms with Crippen LogP contribution in [-0.4, -0.2) is 34.1 Å². The molecule has 0 unspecified atom stereocenters. The molecule has 0 aliphatic rings. The van der Waals surface area contributed by atoms with Crippen molar-refractivity contribution in [1.29, 1.82) is 0 Å². The summed E-state index contributed by atoms with van der Waals surface area (Å²) in [6, 6.07) is 0. The number of nitro groups is 1. The van der Waals surface area contributed by atoms with E-state index in [-0.39, 0.29) is 17.3 Å². The number of ether oxygens (including phenoxy) is 1. The molecular formula is C9H16N6O3. The van der Waals surface area contributed by atoms with E-state index < -0.39 is 10.5 Å². The van der Waals surface area contributed by atoms with Crippen LogP contribution in [0.2, 0.25) is 0 Å². The number of hydrogen-bond acceptors (Lipinski definition) is 8. The molecule has 0 aromatic carbocycles. The van der Waals surface area contributed by atoms with Gasteiger partial charge in [-0.25, -0.2) is 15.8 Å². The third-order valence-corrected chi connectivity index (χ3v) is 2.38. The molecule has 0 spiro atoms. The average Bonchev–Trinajstić information content (AvgIpc) is 2.35. The third kappa shape index (κ3) is 3.25. The van der Waals surface area contributed by atoms with Crippen LogP contribution in [0.3, 0.4) is 0 Å². The highest BCUT2D eigenvalue weighted by Gasteiger charge is 2.24. The van der Waals surface area contributed by atoms with Crippen molar-refractivity contribution in [3.05, 3.63) is 16.4 Å². The molecule has 1 rings (SSSR count). The van der Waals surface area contributed by atoms with Crippen LogP contribution in [0.25, 0.3) is 0 Å². The van der Waals surface area contributed by atoms with Crippen molar-refractivity contribution in [2.24, 2.45) is 5.84 Å². The molecule has 0 fully saturated rings. The summed E-state index contributed by atoms with van der Waals surface area (Å²) in [5, 5.41) is 13.8. The largest absolute Gasteiger partial charge is 0.377 e. The number of aromatic nitrogens is 2. The lowest BCUT2D eigenvalue weighted by atomic mass is 10.1. The average molecular weight is 256 g/mol. The molecule has 9 nitrogen and oxygen atoms in total. The summed E-state index contributed by atoms with van der Waals surface area (Å²) in [6.07, 6.45) is 1.18. The third-order valence-electron chi connectivity index (χ3n) is 2.38. The lowest BCUT2D eigenvalue weighted by Crippen LogP contribution is -2.32. The second-order valence-corrected chi connectivity index (χ2v) is 4.14. The molecule has 1 aromatic heterocycles. The maximum absolute atomic E-state index is 11.0. The number of nitrogens with two attached hydrogens (primary N) is 1. The predicted molar refractivity (Wildman–Crippen MR) is 66.1 cm³/mol. The Morgan fingerprint density at radius 3 is 2.61 bits per heavy atom. The van der Waals surface area contributed by atoms with E-state index in [2.05, 4.69) is 20.7 Å². The van der Waals surface area contributed by atoms with Gasteiger partial charge in [0.2, 0.25) is 11.6 Å². The Labute approximate surface area is 104 Å². The first-order valence-electron chi connectivity index (χ1n) is 5.16. The van der Waals surface area contributed by atoms with Crippen molar-refractivity contribution < 1.29 is 9.66 Å². The second-order valence-electron chi connectivity index (χ2n) is 4.14. The maximum Gasteiger partial charge on any atom is 0.354 e. The Morgan fingerprint density at radius 1 is 1.50 bits per heavy atom. The smallest absolute Gasteiger partial charge is 0.354 e. The first-order chi connectivity index (χ1) is 8.41. The monoisotopic (exact) mass is 256 g/mol. The minimum Gasteiger partial charge on any atom is -0.377 e. The molecule has 0 aliphatic carbocycles. The van der Waals surface area contributed by atoms with Crippen molar-refractivity contribution in [3.8, 4) is 0 Å². The van der Waals surface area contributed by atoms with Gasteiger partial charge in [0.25, 0.3) is 0 Å². The van der Waals surface area contributed by atoms with E-state index in [0.717, 1.165) is 0 Å². The van der Waals surface area contributed by atoms with Crippen molar-refractivity contribution in [2.45, 2.75) is 19.4 Å². The lowest BCUT2D eigenvalue weighted by Gasteiger charge is -2.23. The summed E-state index contributed by atoms with van der Waals surface area (Å²) in [6.45, 7) is 4.04. The molecule has 0 radical (unpaired) electrons. The summed E-state index contributed by atoms with van der Waals surface area (Å²) >= 11 is 0. The molecule has 9 heteroatoms. The van der Waals surface area contributed by atoms with Crippen molar-refractivity contribution in [3.63, 3.8) is 0 Å².